The Morgan fingerprint density at radius 2 is 1.83 bits per heavy atom. The van der Waals surface area contributed by atoms with Gasteiger partial charge in [-0.15, -0.1) is 0 Å². The number of nitrogens with zero attached hydrogens (tertiary/aromatic N) is 3. The topological polar surface area (TPSA) is 94.9 Å². The molecule has 2 fully saturated rings. The van der Waals surface area contributed by atoms with Gasteiger partial charge in [0.05, 0.1) is 29.1 Å². The number of fused-ring (bicyclic) bond motifs is 1. The van der Waals surface area contributed by atoms with Crippen molar-refractivity contribution in [3.05, 3.63) is 59.9 Å². The zero-order valence-electron chi connectivity index (χ0n) is 21.0. The van der Waals surface area contributed by atoms with Crippen LogP contribution >= 0.6 is 0 Å². The summed E-state index contributed by atoms with van der Waals surface area (Å²) in [6.45, 7) is 0. The van der Waals surface area contributed by atoms with Gasteiger partial charge in [0.1, 0.15) is 0 Å². The Morgan fingerprint density at radius 1 is 1.08 bits per heavy atom. The number of likely N-dealkylation sites (N-methyl/N-ethyl adjacent to an activating group) is 1. The molecule has 2 amide bonds. The molecule has 2 aromatic rings. The van der Waals surface area contributed by atoms with Gasteiger partial charge in [-0.05, 0) is 49.3 Å². The first kappa shape index (κ1) is 24.6. The number of rotatable bonds is 9. The summed E-state index contributed by atoms with van der Waals surface area (Å²) in [5.74, 6) is 0.00256. The number of anilines is 1. The molecule has 7 heteroatoms. The highest BCUT2D eigenvalue weighted by Gasteiger charge is 2.37. The third-order valence-corrected chi connectivity index (χ3v) is 7.96. The van der Waals surface area contributed by atoms with Crippen molar-refractivity contribution in [1.82, 2.24) is 10.3 Å². The molecular weight excluding hydrogens is 452 g/mol. The highest BCUT2D eigenvalue weighted by molar-refractivity contribution is 6.19. The van der Waals surface area contributed by atoms with Crippen LogP contribution in [0.5, 0.6) is 0 Å². The van der Waals surface area contributed by atoms with Crippen LogP contribution in [0.4, 0.5) is 5.69 Å². The molecule has 7 nitrogen and oxygen atoms in total. The molecule has 2 N–H and O–H groups in total. The molecule has 0 bridgehead atoms. The maximum absolute atomic E-state index is 13.6. The lowest BCUT2D eigenvalue weighted by molar-refractivity contribution is -0.133. The molecule has 5 rings (SSSR count). The molecule has 3 atom stereocenters. The van der Waals surface area contributed by atoms with Gasteiger partial charge in [-0.1, -0.05) is 62.8 Å². The van der Waals surface area contributed by atoms with E-state index in [1.165, 1.54) is 25.7 Å². The summed E-state index contributed by atoms with van der Waals surface area (Å²) in [7, 11) is 1.70. The molecule has 0 radical (unpaired) electrons. The minimum absolute atomic E-state index is 0.289. The first-order valence-corrected chi connectivity index (χ1v) is 13.4. The van der Waals surface area contributed by atoms with Crippen LogP contribution < -0.4 is 10.2 Å². The molecule has 1 aromatic heterocycles. The fourth-order valence-corrected chi connectivity index (χ4v) is 5.62. The van der Waals surface area contributed by atoms with E-state index in [0.29, 0.717) is 36.1 Å². The summed E-state index contributed by atoms with van der Waals surface area (Å²) in [4.78, 5) is 37.8. The normalized spacial score (nSPS) is 21.9. The number of amides is 2. The quantitative estimate of drug-likeness (QED) is 0.556. The van der Waals surface area contributed by atoms with Crippen LogP contribution in [0.2, 0.25) is 0 Å². The molecule has 1 aliphatic heterocycles. The van der Waals surface area contributed by atoms with Gasteiger partial charge >= 0.3 is 0 Å². The number of aliphatic hydroxyl groups excluding tert-OH is 1. The Balaban J connectivity index is 1.39. The largest absolute Gasteiger partial charge is 0.392 e. The Kier molecular flexibility index (Phi) is 7.46. The van der Waals surface area contributed by atoms with E-state index in [1.807, 2.05) is 42.5 Å². The second-order valence-electron chi connectivity index (χ2n) is 10.6. The molecule has 36 heavy (non-hydrogen) atoms. The van der Waals surface area contributed by atoms with E-state index in [0.717, 1.165) is 30.5 Å². The van der Waals surface area contributed by atoms with E-state index in [-0.39, 0.29) is 11.8 Å². The van der Waals surface area contributed by atoms with Crippen molar-refractivity contribution in [1.29, 1.82) is 0 Å². The van der Waals surface area contributed by atoms with E-state index in [1.54, 1.807) is 18.1 Å². The SMILES string of the molecule is CN1C(=O)C(NC(=O)[C@H](CC2CC2)[C@@H](O)CCC2CCCC2)N=C(c2ccccn2)c2ccccc21. The minimum atomic E-state index is -1.09. The van der Waals surface area contributed by atoms with Crippen LogP contribution in [0, 0.1) is 17.8 Å². The standard InChI is InChI=1S/C29H36N4O3/c1-33-24-12-5-4-10-21(24)26(23-11-6-7-17-30-23)31-27(29(33)36)32-28(35)22(18-20-13-14-20)25(34)16-15-19-8-2-3-9-19/h4-7,10-12,17,19-20,22,25,27,34H,2-3,8-9,13-16,18H2,1H3,(H,32,35)/t22-,25+,27?/m1/s1. The molecule has 1 aromatic carbocycles. The third-order valence-electron chi connectivity index (χ3n) is 7.96. The fourth-order valence-electron chi connectivity index (χ4n) is 5.62. The number of para-hydroxylation sites is 1. The Labute approximate surface area is 213 Å². The number of aliphatic imine (C=N–C) groups is 1. The summed E-state index contributed by atoms with van der Waals surface area (Å²) in [5.41, 5.74) is 2.71. The van der Waals surface area contributed by atoms with Gasteiger partial charge in [0.2, 0.25) is 12.1 Å². The smallest absolute Gasteiger partial charge is 0.272 e. The Morgan fingerprint density at radius 3 is 2.56 bits per heavy atom. The zero-order chi connectivity index (χ0) is 25.1. The first-order chi connectivity index (χ1) is 17.5. The molecule has 3 aliphatic rings. The van der Waals surface area contributed by atoms with Crippen LogP contribution in [0.15, 0.2) is 53.7 Å². The van der Waals surface area contributed by atoms with Crippen LogP contribution in [0.25, 0.3) is 0 Å². The van der Waals surface area contributed by atoms with E-state index in [2.05, 4.69) is 10.3 Å². The number of hydrogen-bond acceptors (Lipinski definition) is 5. The summed E-state index contributed by atoms with van der Waals surface area (Å²) in [6.07, 6.45) is 9.32. The molecule has 190 valence electrons. The van der Waals surface area contributed by atoms with Gasteiger partial charge in [0, 0.05) is 18.8 Å². The number of benzodiazepines with no additional fused rings is 1. The predicted molar refractivity (Wildman–Crippen MR) is 140 cm³/mol. The average Bonchev–Trinajstić information content (AvgIpc) is 3.60. The average molecular weight is 489 g/mol. The zero-order valence-corrected chi connectivity index (χ0v) is 21.0. The Hall–Kier alpha value is -3.06. The number of aliphatic hydroxyl groups is 1. The molecule has 2 heterocycles. The lowest BCUT2D eigenvalue weighted by Crippen LogP contribution is -2.49. The summed E-state index contributed by atoms with van der Waals surface area (Å²) < 4.78 is 0. The van der Waals surface area contributed by atoms with Crippen molar-refractivity contribution in [2.24, 2.45) is 22.7 Å². The van der Waals surface area contributed by atoms with Gasteiger partial charge in [0.25, 0.3) is 5.91 Å². The van der Waals surface area contributed by atoms with E-state index in [4.69, 9.17) is 4.99 Å². The van der Waals surface area contributed by atoms with Crippen molar-refractivity contribution < 1.29 is 14.7 Å². The molecule has 0 spiro atoms. The Bertz CT molecular complexity index is 1110. The van der Waals surface area contributed by atoms with E-state index in [9.17, 15) is 14.7 Å². The van der Waals surface area contributed by atoms with Gasteiger partial charge in [-0.3, -0.25) is 14.6 Å². The third kappa shape index (κ3) is 5.51. The lowest BCUT2D eigenvalue weighted by Gasteiger charge is -2.26. The predicted octanol–water partition coefficient (Wildman–Crippen LogP) is 4.09. The fraction of sp³-hybridized carbons (Fsp3) is 0.517. The van der Waals surface area contributed by atoms with Gasteiger partial charge in [0.15, 0.2) is 0 Å². The van der Waals surface area contributed by atoms with Gasteiger partial charge in [-0.25, -0.2) is 4.99 Å². The number of hydrogen-bond donors (Lipinski definition) is 2. The molecule has 0 saturated heterocycles. The van der Waals surface area contributed by atoms with Crippen LogP contribution in [0.1, 0.15) is 69.0 Å². The van der Waals surface area contributed by atoms with Gasteiger partial charge in [-0.2, -0.15) is 0 Å². The molecule has 2 aliphatic carbocycles. The maximum Gasteiger partial charge on any atom is 0.272 e. The van der Waals surface area contributed by atoms with Crippen molar-refractivity contribution in [3.8, 4) is 0 Å². The first-order valence-electron chi connectivity index (χ1n) is 13.4. The highest BCUT2D eigenvalue weighted by Crippen LogP contribution is 2.38. The molecule has 2 saturated carbocycles. The number of carbonyl (C=O) groups excluding carboxylic acids is 2. The molecular formula is C29H36N4O3. The van der Waals surface area contributed by atoms with E-state index < -0.39 is 18.2 Å². The van der Waals surface area contributed by atoms with Crippen LogP contribution in [-0.4, -0.2) is 46.9 Å². The number of carbonyl (C=O) groups is 2. The summed E-state index contributed by atoms with van der Waals surface area (Å²) >= 11 is 0. The second kappa shape index (κ2) is 10.9. The number of nitrogens with one attached hydrogen (secondary N) is 1. The summed E-state index contributed by atoms with van der Waals surface area (Å²) in [6, 6.07) is 13.1. The maximum atomic E-state index is 13.6. The summed E-state index contributed by atoms with van der Waals surface area (Å²) in [5, 5.41) is 14.0. The molecule has 1 unspecified atom stereocenters. The monoisotopic (exact) mass is 488 g/mol. The lowest BCUT2D eigenvalue weighted by atomic mass is 9.89. The van der Waals surface area contributed by atoms with E-state index >= 15 is 0 Å². The van der Waals surface area contributed by atoms with Crippen molar-refractivity contribution >= 4 is 23.2 Å². The second-order valence-corrected chi connectivity index (χ2v) is 10.6. The van der Waals surface area contributed by atoms with Crippen molar-refractivity contribution in [3.63, 3.8) is 0 Å². The number of benzene rings is 1. The number of pyridine rings is 1. The van der Waals surface area contributed by atoms with Crippen molar-refractivity contribution in [2.45, 2.75) is 70.1 Å². The van der Waals surface area contributed by atoms with Crippen LogP contribution in [-0.2, 0) is 9.59 Å². The van der Waals surface area contributed by atoms with Crippen molar-refractivity contribution in [2.75, 3.05) is 11.9 Å². The number of aromatic nitrogens is 1. The minimum Gasteiger partial charge on any atom is -0.392 e. The highest BCUT2D eigenvalue weighted by atomic mass is 16.3. The van der Waals surface area contributed by atoms with Gasteiger partial charge < -0.3 is 15.3 Å². The van der Waals surface area contributed by atoms with Crippen LogP contribution in [0.3, 0.4) is 0 Å².